The molecule has 0 aliphatic carbocycles. The molecule has 1 aliphatic heterocycles. The molecule has 7 heteroatoms. The highest BCUT2D eigenvalue weighted by Crippen LogP contribution is 2.23. The van der Waals surface area contributed by atoms with Gasteiger partial charge in [-0.25, -0.2) is 8.42 Å². The average molecular weight is 320 g/mol. The van der Waals surface area contributed by atoms with Crippen LogP contribution in [-0.4, -0.2) is 48.9 Å². The van der Waals surface area contributed by atoms with E-state index in [1.807, 2.05) is 0 Å². The number of benzene rings is 1. The Kier molecular flexibility index (Phi) is 4.43. The van der Waals surface area contributed by atoms with Crippen LogP contribution in [0, 0.1) is 0 Å². The van der Waals surface area contributed by atoms with Gasteiger partial charge >= 0.3 is 0 Å². The van der Waals surface area contributed by atoms with Gasteiger partial charge in [0.15, 0.2) is 9.84 Å². The van der Waals surface area contributed by atoms with Crippen LogP contribution in [0.15, 0.2) is 24.3 Å². The Morgan fingerprint density at radius 2 is 2.21 bits per heavy atom. The van der Waals surface area contributed by atoms with Crippen LogP contribution in [0.5, 0.6) is 0 Å². The lowest BCUT2D eigenvalue weighted by molar-refractivity contribution is 0.0749. The summed E-state index contributed by atoms with van der Waals surface area (Å²) in [5, 5.41) is -0.286. The van der Waals surface area contributed by atoms with Crippen LogP contribution in [0.1, 0.15) is 10.4 Å². The van der Waals surface area contributed by atoms with Crippen molar-refractivity contribution < 1.29 is 13.2 Å². The molecule has 1 saturated heterocycles. The predicted octanol–water partition coefficient (Wildman–Crippen LogP) is 1.90. The predicted molar refractivity (Wildman–Crippen MR) is 78.4 cm³/mol. The van der Waals surface area contributed by atoms with Crippen molar-refractivity contribution in [1.29, 1.82) is 0 Å². The lowest BCUT2D eigenvalue weighted by Gasteiger charge is -2.34. The maximum atomic E-state index is 12.4. The number of carbonyl (C=O) groups excluding carboxylic acids is 1. The van der Waals surface area contributed by atoms with Crippen molar-refractivity contribution in [2.24, 2.45) is 0 Å². The maximum Gasteiger partial charge on any atom is 0.255 e. The van der Waals surface area contributed by atoms with Crippen molar-refractivity contribution in [3.05, 3.63) is 34.9 Å². The van der Waals surface area contributed by atoms with E-state index in [4.69, 9.17) is 11.6 Å². The third-order valence-electron chi connectivity index (χ3n) is 2.91. The van der Waals surface area contributed by atoms with Gasteiger partial charge in [-0.05, 0) is 18.2 Å². The van der Waals surface area contributed by atoms with Crippen LogP contribution in [0.25, 0.3) is 0 Å². The molecule has 104 valence electrons. The first-order valence-electron chi connectivity index (χ1n) is 5.73. The second kappa shape index (κ2) is 5.73. The zero-order chi connectivity index (χ0) is 14.0. The van der Waals surface area contributed by atoms with Gasteiger partial charge < -0.3 is 4.90 Å². The molecule has 19 heavy (non-hydrogen) atoms. The first-order valence-corrected chi connectivity index (χ1v) is 9.21. The molecule has 1 aromatic rings. The fraction of sp³-hybridized carbons (Fsp3) is 0.417. The van der Waals surface area contributed by atoms with Gasteiger partial charge in [-0.1, -0.05) is 17.7 Å². The molecule has 0 bridgehead atoms. The largest absolute Gasteiger partial charge is 0.320 e. The number of nitrogens with zero attached hydrogens (tertiary/aromatic N) is 1. The molecule has 0 radical (unpaired) electrons. The van der Waals surface area contributed by atoms with Gasteiger partial charge in [-0.15, -0.1) is 0 Å². The summed E-state index contributed by atoms with van der Waals surface area (Å²) in [6.07, 6.45) is 1.17. The van der Waals surface area contributed by atoms with Gasteiger partial charge in [0, 0.05) is 34.9 Å². The van der Waals surface area contributed by atoms with E-state index in [1.165, 1.54) is 11.2 Å². The first-order chi connectivity index (χ1) is 8.89. The zero-order valence-corrected chi connectivity index (χ0v) is 12.8. The highest BCUT2D eigenvalue weighted by atomic mass is 35.5. The topological polar surface area (TPSA) is 54.5 Å². The van der Waals surface area contributed by atoms with E-state index < -0.39 is 15.2 Å². The number of hydrogen-bond acceptors (Lipinski definition) is 4. The number of thioether (sulfide) groups is 1. The summed E-state index contributed by atoms with van der Waals surface area (Å²) in [6.45, 7) is 0.438. The van der Waals surface area contributed by atoms with Crippen LogP contribution in [0.2, 0.25) is 5.02 Å². The summed E-state index contributed by atoms with van der Waals surface area (Å²) in [5.41, 5.74) is 0.424. The highest BCUT2D eigenvalue weighted by molar-refractivity contribution is 8.00. The van der Waals surface area contributed by atoms with Gasteiger partial charge in [-0.2, -0.15) is 11.8 Å². The second-order valence-electron chi connectivity index (χ2n) is 4.37. The monoisotopic (exact) mass is 319 g/mol. The zero-order valence-electron chi connectivity index (χ0n) is 10.4. The molecular weight excluding hydrogens is 306 g/mol. The molecule has 1 aliphatic rings. The lowest BCUT2D eigenvalue weighted by Crippen LogP contribution is -2.49. The number of halogens is 1. The van der Waals surface area contributed by atoms with Gasteiger partial charge in [0.1, 0.15) is 5.37 Å². The summed E-state index contributed by atoms with van der Waals surface area (Å²) in [5.74, 6) is 0.891. The van der Waals surface area contributed by atoms with Crippen molar-refractivity contribution in [3.63, 3.8) is 0 Å². The molecule has 4 nitrogen and oxygen atoms in total. The summed E-state index contributed by atoms with van der Waals surface area (Å²) in [6, 6.07) is 6.57. The average Bonchev–Trinajstić information content (AvgIpc) is 2.37. The van der Waals surface area contributed by atoms with E-state index in [0.29, 0.717) is 22.9 Å². The van der Waals surface area contributed by atoms with E-state index in [9.17, 15) is 13.2 Å². The minimum atomic E-state index is -3.29. The van der Waals surface area contributed by atoms with E-state index in [2.05, 4.69) is 0 Å². The third kappa shape index (κ3) is 3.43. The van der Waals surface area contributed by atoms with E-state index in [-0.39, 0.29) is 5.91 Å². The lowest BCUT2D eigenvalue weighted by atomic mass is 10.2. The third-order valence-corrected chi connectivity index (χ3v) is 5.79. The number of amides is 1. The van der Waals surface area contributed by atoms with E-state index >= 15 is 0 Å². The van der Waals surface area contributed by atoms with Crippen LogP contribution >= 0.6 is 23.4 Å². The van der Waals surface area contributed by atoms with E-state index in [0.717, 1.165) is 5.75 Å². The van der Waals surface area contributed by atoms with Crippen molar-refractivity contribution in [2.45, 2.75) is 5.37 Å². The fourth-order valence-corrected chi connectivity index (χ4v) is 4.96. The highest BCUT2D eigenvalue weighted by Gasteiger charge is 2.34. The molecular formula is C12H14ClNO3S2. The SMILES string of the molecule is CS(=O)(=O)C1CSCCN1C(=O)c1cccc(Cl)c1. The summed E-state index contributed by atoms with van der Waals surface area (Å²) in [7, 11) is -3.29. The Morgan fingerprint density at radius 1 is 1.47 bits per heavy atom. The first kappa shape index (κ1) is 14.7. The van der Waals surface area contributed by atoms with E-state index in [1.54, 1.807) is 36.0 Å². The standard InChI is InChI=1S/C12H14ClNO3S2/c1-19(16,17)11-8-18-6-5-14(11)12(15)9-3-2-4-10(13)7-9/h2-4,7,11H,5-6,8H2,1H3. The number of carbonyl (C=O) groups is 1. The second-order valence-corrected chi connectivity index (χ2v) is 8.16. The van der Waals surface area contributed by atoms with Crippen LogP contribution in [0.4, 0.5) is 0 Å². The minimum absolute atomic E-state index is 0.279. The summed E-state index contributed by atoms with van der Waals surface area (Å²) < 4.78 is 23.5. The molecule has 1 atom stereocenters. The van der Waals surface area contributed by atoms with Crippen molar-refractivity contribution in [2.75, 3.05) is 24.3 Å². The van der Waals surface area contributed by atoms with Crippen LogP contribution < -0.4 is 0 Å². The Bertz CT molecular complexity index is 588. The molecule has 2 rings (SSSR count). The van der Waals surface area contributed by atoms with Gasteiger partial charge in [0.2, 0.25) is 0 Å². The van der Waals surface area contributed by atoms with Gasteiger partial charge in [0.25, 0.3) is 5.91 Å². The molecule has 0 N–H and O–H groups in total. The molecule has 1 fully saturated rings. The number of hydrogen-bond donors (Lipinski definition) is 0. The quantitative estimate of drug-likeness (QED) is 0.835. The molecule has 1 unspecified atom stereocenters. The molecule has 1 amide bonds. The normalized spacial score (nSPS) is 20.3. The summed E-state index contributed by atoms with van der Waals surface area (Å²) >= 11 is 7.41. The van der Waals surface area contributed by atoms with Crippen molar-refractivity contribution in [3.8, 4) is 0 Å². The molecule has 1 heterocycles. The molecule has 0 saturated carbocycles. The van der Waals surface area contributed by atoms with Crippen LogP contribution in [0.3, 0.4) is 0 Å². The Morgan fingerprint density at radius 3 is 2.84 bits per heavy atom. The van der Waals surface area contributed by atoms with Gasteiger partial charge in [-0.3, -0.25) is 4.79 Å². The number of rotatable bonds is 2. The number of sulfone groups is 1. The smallest absolute Gasteiger partial charge is 0.255 e. The molecule has 1 aromatic carbocycles. The maximum absolute atomic E-state index is 12.4. The Hall–Kier alpha value is -0.720. The molecule has 0 aromatic heterocycles. The van der Waals surface area contributed by atoms with Gasteiger partial charge in [0.05, 0.1) is 0 Å². The Balaban J connectivity index is 2.30. The van der Waals surface area contributed by atoms with Crippen molar-refractivity contribution in [1.82, 2.24) is 4.90 Å². The summed E-state index contributed by atoms with van der Waals surface area (Å²) in [4.78, 5) is 13.8. The minimum Gasteiger partial charge on any atom is -0.320 e. The Labute approximate surface area is 122 Å². The van der Waals surface area contributed by atoms with Crippen molar-refractivity contribution >= 4 is 39.1 Å². The van der Waals surface area contributed by atoms with Crippen LogP contribution in [-0.2, 0) is 9.84 Å². The molecule has 0 spiro atoms. The fourth-order valence-electron chi connectivity index (χ4n) is 1.96.